The minimum Gasteiger partial charge on any atom is -0.493 e. The van der Waals surface area contributed by atoms with E-state index in [1.807, 2.05) is 38.1 Å². The van der Waals surface area contributed by atoms with Crippen LogP contribution in [0.2, 0.25) is 5.02 Å². The predicted molar refractivity (Wildman–Crippen MR) is 89.6 cm³/mol. The number of nitriles is 1. The molecule has 0 heterocycles. The van der Waals surface area contributed by atoms with Crippen LogP contribution < -0.4 is 14.2 Å². The normalized spacial score (nSPS) is 10.0. The van der Waals surface area contributed by atoms with Crippen LogP contribution in [0.3, 0.4) is 0 Å². The number of halogens is 1. The van der Waals surface area contributed by atoms with Crippen LogP contribution in [0.4, 0.5) is 0 Å². The van der Waals surface area contributed by atoms with Crippen molar-refractivity contribution in [3.8, 4) is 23.3 Å². The minimum atomic E-state index is 0.315. The van der Waals surface area contributed by atoms with Gasteiger partial charge in [0, 0.05) is 6.07 Å². The van der Waals surface area contributed by atoms with E-state index < -0.39 is 0 Å². The Hall–Kier alpha value is -2.38. The highest BCUT2D eigenvalue weighted by Crippen LogP contribution is 2.36. The smallest absolute Gasteiger partial charge is 0.179 e. The van der Waals surface area contributed by atoms with Crippen molar-refractivity contribution in [2.75, 3.05) is 20.3 Å². The lowest BCUT2D eigenvalue weighted by Gasteiger charge is -2.15. The second-order valence-electron chi connectivity index (χ2n) is 5.02. The number of aryl methyl sites for hydroxylation is 2. The van der Waals surface area contributed by atoms with Gasteiger partial charge in [-0.15, -0.1) is 0 Å². The number of hydrogen-bond acceptors (Lipinski definition) is 4. The molecule has 0 spiro atoms. The van der Waals surface area contributed by atoms with Gasteiger partial charge in [0.1, 0.15) is 19.0 Å². The summed E-state index contributed by atoms with van der Waals surface area (Å²) in [5.74, 6) is 1.72. The van der Waals surface area contributed by atoms with Crippen LogP contribution in [-0.4, -0.2) is 20.3 Å². The zero-order valence-corrected chi connectivity index (χ0v) is 14.1. The molecule has 0 fully saturated rings. The van der Waals surface area contributed by atoms with Crippen LogP contribution in [0.25, 0.3) is 0 Å². The van der Waals surface area contributed by atoms with Gasteiger partial charge in [-0.1, -0.05) is 29.8 Å². The third-order valence-corrected chi connectivity index (χ3v) is 3.62. The molecule has 5 heteroatoms. The summed E-state index contributed by atoms with van der Waals surface area (Å²) in [6.45, 7) is 4.70. The van der Waals surface area contributed by atoms with E-state index in [1.165, 1.54) is 7.11 Å². The maximum absolute atomic E-state index is 8.94. The second kappa shape index (κ2) is 7.75. The Kier molecular flexibility index (Phi) is 5.72. The SMILES string of the molecule is COc1cc(C#N)cc(Cl)c1OCCOc1c(C)cccc1C. The highest BCUT2D eigenvalue weighted by molar-refractivity contribution is 6.32. The molecule has 0 N–H and O–H groups in total. The molecule has 2 aromatic carbocycles. The molecule has 0 saturated carbocycles. The van der Waals surface area contributed by atoms with Gasteiger partial charge in [-0.2, -0.15) is 5.26 Å². The predicted octanol–water partition coefficient (Wildman–Crippen LogP) is 4.29. The summed E-state index contributed by atoms with van der Waals surface area (Å²) >= 11 is 6.14. The molecule has 0 bridgehead atoms. The molecule has 0 aliphatic carbocycles. The molecule has 4 nitrogen and oxygen atoms in total. The van der Waals surface area contributed by atoms with E-state index >= 15 is 0 Å². The molecule has 0 aliphatic rings. The summed E-state index contributed by atoms with van der Waals surface area (Å²) < 4.78 is 16.7. The molecular formula is C18H18ClNO3. The summed E-state index contributed by atoms with van der Waals surface area (Å²) in [7, 11) is 1.51. The Morgan fingerprint density at radius 3 is 2.22 bits per heavy atom. The van der Waals surface area contributed by atoms with Crippen molar-refractivity contribution in [1.29, 1.82) is 5.26 Å². The lowest BCUT2D eigenvalue weighted by molar-refractivity contribution is 0.210. The number of methoxy groups -OCH3 is 1. The fourth-order valence-corrected chi connectivity index (χ4v) is 2.50. The monoisotopic (exact) mass is 331 g/mol. The van der Waals surface area contributed by atoms with Crippen molar-refractivity contribution in [3.05, 3.63) is 52.0 Å². The van der Waals surface area contributed by atoms with Crippen LogP contribution in [0.1, 0.15) is 16.7 Å². The van der Waals surface area contributed by atoms with Gasteiger partial charge in [-0.25, -0.2) is 0 Å². The lowest BCUT2D eigenvalue weighted by Crippen LogP contribution is -2.11. The number of para-hydroxylation sites is 1. The van der Waals surface area contributed by atoms with Crippen LogP contribution in [0.5, 0.6) is 17.2 Å². The maximum atomic E-state index is 8.94. The highest BCUT2D eigenvalue weighted by atomic mass is 35.5. The first kappa shape index (κ1) is 17.0. The van der Waals surface area contributed by atoms with Crippen molar-refractivity contribution >= 4 is 11.6 Å². The van der Waals surface area contributed by atoms with E-state index in [1.54, 1.807) is 12.1 Å². The Morgan fingerprint density at radius 2 is 1.65 bits per heavy atom. The first-order valence-corrected chi connectivity index (χ1v) is 7.54. The molecule has 0 saturated heterocycles. The first-order valence-electron chi connectivity index (χ1n) is 7.16. The van der Waals surface area contributed by atoms with Gasteiger partial charge in [-0.3, -0.25) is 0 Å². The second-order valence-corrected chi connectivity index (χ2v) is 5.43. The van der Waals surface area contributed by atoms with Crippen molar-refractivity contribution in [3.63, 3.8) is 0 Å². The summed E-state index contributed by atoms with van der Waals surface area (Å²) in [4.78, 5) is 0. The van der Waals surface area contributed by atoms with Gasteiger partial charge in [0.15, 0.2) is 11.5 Å². The highest BCUT2D eigenvalue weighted by Gasteiger charge is 2.12. The van der Waals surface area contributed by atoms with Crippen molar-refractivity contribution in [1.82, 2.24) is 0 Å². The Labute approximate surface area is 141 Å². The summed E-state index contributed by atoms with van der Waals surface area (Å²) in [5, 5.41) is 9.28. The molecule has 0 aromatic heterocycles. The minimum absolute atomic E-state index is 0.315. The van der Waals surface area contributed by atoms with E-state index in [2.05, 4.69) is 0 Å². The number of hydrogen-bond donors (Lipinski definition) is 0. The molecular weight excluding hydrogens is 314 g/mol. The van der Waals surface area contributed by atoms with Gasteiger partial charge in [0.25, 0.3) is 0 Å². The molecule has 2 aromatic rings. The van der Waals surface area contributed by atoms with Gasteiger partial charge < -0.3 is 14.2 Å². The quantitative estimate of drug-likeness (QED) is 0.741. The van der Waals surface area contributed by atoms with E-state index in [0.29, 0.717) is 35.3 Å². The van der Waals surface area contributed by atoms with Crippen molar-refractivity contribution in [2.24, 2.45) is 0 Å². The third kappa shape index (κ3) is 4.08. The van der Waals surface area contributed by atoms with Crippen LogP contribution in [0, 0.1) is 25.2 Å². The topological polar surface area (TPSA) is 51.5 Å². The largest absolute Gasteiger partial charge is 0.493 e. The van der Waals surface area contributed by atoms with Gasteiger partial charge in [-0.05, 0) is 31.0 Å². The zero-order valence-electron chi connectivity index (χ0n) is 13.4. The van der Waals surface area contributed by atoms with Crippen LogP contribution in [0.15, 0.2) is 30.3 Å². The van der Waals surface area contributed by atoms with E-state index in [-0.39, 0.29) is 0 Å². The lowest BCUT2D eigenvalue weighted by atomic mass is 10.1. The standard InChI is InChI=1S/C18H18ClNO3/c1-12-5-4-6-13(2)17(12)22-7-8-23-18-15(19)9-14(11-20)10-16(18)21-3/h4-6,9-10H,7-8H2,1-3H3. The molecule has 0 aliphatic heterocycles. The van der Waals surface area contributed by atoms with Gasteiger partial charge in [0.05, 0.1) is 23.8 Å². The Morgan fingerprint density at radius 1 is 1.04 bits per heavy atom. The van der Waals surface area contributed by atoms with Crippen LogP contribution in [-0.2, 0) is 0 Å². The molecule has 120 valence electrons. The van der Waals surface area contributed by atoms with E-state index in [4.69, 9.17) is 31.1 Å². The fraction of sp³-hybridized carbons (Fsp3) is 0.278. The number of rotatable bonds is 6. The molecule has 0 atom stereocenters. The molecule has 0 amide bonds. The Balaban J connectivity index is 2.01. The van der Waals surface area contributed by atoms with Gasteiger partial charge >= 0.3 is 0 Å². The Bertz CT molecular complexity index is 718. The first-order chi connectivity index (χ1) is 11.1. The number of ether oxygens (including phenoxy) is 3. The van der Waals surface area contributed by atoms with Crippen molar-refractivity contribution < 1.29 is 14.2 Å². The number of nitrogens with zero attached hydrogens (tertiary/aromatic N) is 1. The fourth-order valence-electron chi connectivity index (χ4n) is 2.24. The van der Waals surface area contributed by atoms with Crippen LogP contribution >= 0.6 is 11.6 Å². The summed E-state index contributed by atoms with van der Waals surface area (Å²) in [5.41, 5.74) is 2.59. The average Bonchev–Trinajstić information content (AvgIpc) is 2.54. The third-order valence-electron chi connectivity index (χ3n) is 3.34. The molecule has 23 heavy (non-hydrogen) atoms. The summed E-state index contributed by atoms with van der Waals surface area (Å²) in [6, 6.07) is 11.2. The van der Waals surface area contributed by atoms with Gasteiger partial charge in [0.2, 0.25) is 0 Å². The molecule has 0 unspecified atom stereocenters. The summed E-state index contributed by atoms with van der Waals surface area (Å²) in [6.07, 6.45) is 0. The number of benzene rings is 2. The average molecular weight is 332 g/mol. The zero-order chi connectivity index (χ0) is 16.8. The molecule has 0 radical (unpaired) electrons. The van der Waals surface area contributed by atoms with Crippen molar-refractivity contribution in [2.45, 2.75) is 13.8 Å². The molecule has 2 rings (SSSR count). The van der Waals surface area contributed by atoms with E-state index in [0.717, 1.165) is 16.9 Å². The van der Waals surface area contributed by atoms with E-state index in [9.17, 15) is 0 Å². The maximum Gasteiger partial charge on any atom is 0.179 e.